The summed E-state index contributed by atoms with van der Waals surface area (Å²) in [4.78, 5) is 18.8. The number of hydrogen-bond acceptors (Lipinski definition) is 4. The molecule has 1 amide bonds. The Hall–Kier alpha value is -2.21. The van der Waals surface area contributed by atoms with Crippen LogP contribution in [0.1, 0.15) is 37.0 Å². The van der Waals surface area contributed by atoms with Crippen LogP contribution in [0, 0.1) is 6.92 Å². The summed E-state index contributed by atoms with van der Waals surface area (Å²) in [5.74, 6) is 1.73. The van der Waals surface area contributed by atoms with Crippen molar-refractivity contribution in [3.8, 4) is 0 Å². The van der Waals surface area contributed by atoms with Crippen LogP contribution in [0.3, 0.4) is 0 Å². The van der Waals surface area contributed by atoms with Crippen LogP contribution < -0.4 is 5.32 Å². The molecule has 1 saturated heterocycles. The molecule has 116 valence electrons. The highest BCUT2D eigenvalue weighted by Crippen LogP contribution is 2.29. The number of aryl methyl sites for hydroxylation is 1. The van der Waals surface area contributed by atoms with Gasteiger partial charge in [-0.3, -0.25) is 14.8 Å². The van der Waals surface area contributed by atoms with E-state index in [2.05, 4.69) is 25.4 Å². The predicted octanol–water partition coefficient (Wildman–Crippen LogP) is 2.28. The molecule has 3 rings (SSSR count). The van der Waals surface area contributed by atoms with E-state index in [1.54, 1.807) is 0 Å². The Morgan fingerprint density at radius 3 is 2.95 bits per heavy atom. The molecular weight excluding hydrogens is 278 g/mol. The van der Waals surface area contributed by atoms with Crippen LogP contribution in [0.2, 0.25) is 0 Å². The molecule has 6 nitrogen and oxygen atoms in total. The third-order valence-electron chi connectivity index (χ3n) is 3.98. The maximum absolute atomic E-state index is 12.0. The smallest absolute Gasteiger partial charge is 0.225 e. The molecule has 1 aromatic heterocycles. The third-order valence-corrected chi connectivity index (χ3v) is 3.98. The number of rotatable bonds is 5. The quantitative estimate of drug-likeness (QED) is 0.888. The molecule has 1 aliphatic heterocycles. The first-order valence-corrected chi connectivity index (χ1v) is 7.70. The fraction of sp³-hybridized carbons (Fsp3) is 0.438. The number of H-pyrrole nitrogens is 1. The van der Waals surface area contributed by atoms with E-state index in [1.165, 1.54) is 0 Å². The highest BCUT2D eigenvalue weighted by molar-refractivity contribution is 5.90. The molecule has 1 atom stereocenters. The Balaban J connectivity index is 1.53. The van der Waals surface area contributed by atoms with E-state index in [4.69, 9.17) is 0 Å². The number of benzene rings is 1. The monoisotopic (exact) mass is 299 g/mol. The van der Waals surface area contributed by atoms with E-state index in [0.717, 1.165) is 43.3 Å². The number of hydrogen-bond donors (Lipinski definition) is 2. The zero-order valence-electron chi connectivity index (χ0n) is 12.7. The summed E-state index contributed by atoms with van der Waals surface area (Å²) < 4.78 is 0. The normalized spacial score (nSPS) is 18.5. The Morgan fingerprint density at radius 1 is 1.41 bits per heavy atom. The highest BCUT2D eigenvalue weighted by Gasteiger charge is 2.28. The van der Waals surface area contributed by atoms with Gasteiger partial charge >= 0.3 is 0 Å². The predicted molar refractivity (Wildman–Crippen MR) is 84.4 cm³/mol. The van der Waals surface area contributed by atoms with Crippen molar-refractivity contribution in [2.75, 3.05) is 18.4 Å². The van der Waals surface area contributed by atoms with E-state index < -0.39 is 0 Å². The summed E-state index contributed by atoms with van der Waals surface area (Å²) in [7, 11) is 0. The van der Waals surface area contributed by atoms with Crippen LogP contribution in [-0.4, -0.2) is 39.1 Å². The van der Waals surface area contributed by atoms with Gasteiger partial charge in [-0.2, -0.15) is 5.10 Å². The Labute approximate surface area is 129 Å². The second-order valence-corrected chi connectivity index (χ2v) is 5.63. The topological polar surface area (TPSA) is 73.9 Å². The number of likely N-dealkylation sites (tertiary alicyclic amines) is 1. The number of amides is 1. The summed E-state index contributed by atoms with van der Waals surface area (Å²) in [6.07, 6.45) is 2.68. The molecule has 1 fully saturated rings. The van der Waals surface area contributed by atoms with Gasteiger partial charge in [-0.15, -0.1) is 0 Å². The van der Waals surface area contributed by atoms with Gasteiger partial charge in [0.2, 0.25) is 5.91 Å². The van der Waals surface area contributed by atoms with Crippen LogP contribution in [0.25, 0.3) is 0 Å². The number of carbonyl (C=O) groups excluding carboxylic acids is 1. The molecule has 0 radical (unpaired) electrons. The maximum Gasteiger partial charge on any atom is 0.225 e. The largest absolute Gasteiger partial charge is 0.326 e. The summed E-state index contributed by atoms with van der Waals surface area (Å²) in [5, 5.41) is 10.0. The van der Waals surface area contributed by atoms with Crippen LogP contribution in [0.4, 0.5) is 5.69 Å². The Morgan fingerprint density at radius 2 is 2.23 bits per heavy atom. The fourth-order valence-corrected chi connectivity index (χ4v) is 2.91. The first kappa shape index (κ1) is 14.7. The number of para-hydroxylation sites is 1. The van der Waals surface area contributed by atoms with Crippen LogP contribution >= 0.6 is 0 Å². The summed E-state index contributed by atoms with van der Waals surface area (Å²) in [5.41, 5.74) is 0.844. The molecule has 0 bridgehead atoms. The number of aromatic amines is 1. The van der Waals surface area contributed by atoms with Crippen molar-refractivity contribution in [2.45, 2.75) is 32.2 Å². The lowest BCUT2D eigenvalue weighted by Gasteiger charge is -2.22. The summed E-state index contributed by atoms with van der Waals surface area (Å²) >= 11 is 0. The molecule has 0 saturated carbocycles. The van der Waals surface area contributed by atoms with Gasteiger partial charge in [0, 0.05) is 18.7 Å². The van der Waals surface area contributed by atoms with Crippen molar-refractivity contribution in [1.29, 1.82) is 0 Å². The minimum absolute atomic E-state index is 0.0469. The number of aromatic nitrogens is 3. The molecule has 0 unspecified atom stereocenters. The zero-order chi connectivity index (χ0) is 15.4. The fourth-order valence-electron chi connectivity index (χ4n) is 2.91. The van der Waals surface area contributed by atoms with E-state index in [1.807, 2.05) is 37.3 Å². The van der Waals surface area contributed by atoms with Crippen LogP contribution in [-0.2, 0) is 4.79 Å². The third kappa shape index (κ3) is 3.51. The SMILES string of the molecule is Cc1n[nH]c([C@H]2CCCN2CCC(=O)Nc2ccccc2)n1. The number of carbonyl (C=O) groups is 1. The van der Waals surface area contributed by atoms with E-state index in [-0.39, 0.29) is 11.9 Å². The van der Waals surface area contributed by atoms with Gasteiger partial charge in [-0.05, 0) is 38.4 Å². The molecule has 0 aliphatic carbocycles. The number of nitrogens with one attached hydrogen (secondary N) is 2. The van der Waals surface area contributed by atoms with Crippen molar-refractivity contribution < 1.29 is 4.79 Å². The zero-order valence-corrected chi connectivity index (χ0v) is 12.7. The Kier molecular flexibility index (Phi) is 4.48. The van der Waals surface area contributed by atoms with Gasteiger partial charge in [-0.1, -0.05) is 18.2 Å². The van der Waals surface area contributed by atoms with Gasteiger partial charge in [0.1, 0.15) is 11.6 Å². The Bertz CT molecular complexity index is 624. The lowest BCUT2D eigenvalue weighted by molar-refractivity contribution is -0.116. The molecule has 2 heterocycles. The van der Waals surface area contributed by atoms with E-state index in [0.29, 0.717) is 6.42 Å². The van der Waals surface area contributed by atoms with Gasteiger partial charge < -0.3 is 5.32 Å². The molecule has 22 heavy (non-hydrogen) atoms. The van der Waals surface area contributed by atoms with Crippen molar-refractivity contribution >= 4 is 11.6 Å². The number of nitrogens with zero attached hydrogens (tertiary/aromatic N) is 3. The molecule has 6 heteroatoms. The molecule has 0 spiro atoms. The van der Waals surface area contributed by atoms with Gasteiger partial charge in [0.25, 0.3) is 0 Å². The first-order chi connectivity index (χ1) is 10.7. The van der Waals surface area contributed by atoms with E-state index in [9.17, 15) is 4.79 Å². The standard InChI is InChI=1S/C16H21N5O/c1-12-17-16(20-19-12)14-8-5-10-21(14)11-9-15(22)18-13-6-3-2-4-7-13/h2-4,6-7,14H,5,8-11H2,1H3,(H,18,22)(H,17,19,20)/t14-/m1/s1. The lowest BCUT2D eigenvalue weighted by Crippen LogP contribution is -2.28. The van der Waals surface area contributed by atoms with Crippen LogP contribution in [0.5, 0.6) is 0 Å². The molecule has 2 aromatic rings. The molecular formula is C16H21N5O. The summed E-state index contributed by atoms with van der Waals surface area (Å²) in [6, 6.07) is 9.81. The highest BCUT2D eigenvalue weighted by atomic mass is 16.1. The van der Waals surface area contributed by atoms with Gasteiger partial charge in [0.05, 0.1) is 6.04 Å². The van der Waals surface area contributed by atoms with Gasteiger partial charge in [-0.25, -0.2) is 4.98 Å². The summed E-state index contributed by atoms with van der Waals surface area (Å²) in [6.45, 7) is 3.62. The second-order valence-electron chi connectivity index (χ2n) is 5.63. The molecule has 1 aromatic carbocycles. The minimum atomic E-state index is 0.0469. The molecule has 2 N–H and O–H groups in total. The minimum Gasteiger partial charge on any atom is -0.326 e. The first-order valence-electron chi connectivity index (χ1n) is 7.70. The van der Waals surface area contributed by atoms with Crippen molar-refractivity contribution in [2.24, 2.45) is 0 Å². The van der Waals surface area contributed by atoms with Crippen LogP contribution in [0.15, 0.2) is 30.3 Å². The van der Waals surface area contributed by atoms with E-state index >= 15 is 0 Å². The lowest BCUT2D eigenvalue weighted by atomic mass is 10.2. The second kappa shape index (κ2) is 6.70. The van der Waals surface area contributed by atoms with Crippen molar-refractivity contribution in [3.05, 3.63) is 42.0 Å². The molecule has 1 aliphatic rings. The average Bonchev–Trinajstić information content (AvgIpc) is 3.14. The maximum atomic E-state index is 12.0. The van der Waals surface area contributed by atoms with Gasteiger partial charge in [0.15, 0.2) is 0 Å². The van der Waals surface area contributed by atoms with Crippen molar-refractivity contribution in [3.63, 3.8) is 0 Å². The van der Waals surface area contributed by atoms with Crippen molar-refractivity contribution in [1.82, 2.24) is 20.1 Å². The average molecular weight is 299 g/mol. The number of anilines is 1.